The van der Waals surface area contributed by atoms with Crippen LogP contribution in [-0.2, 0) is 16.1 Å². The fraction of sp³-hybridized carbons (Fsp3) is 0.513. The van der Waals surface area contributed by atoms with Gasteiger partial charge in [0.05, 0.1) is 18.8 Å². The summed E-state index contributed by atoms with van der Waals surface area (Å²) in [4.78, 5) is 15.5. The second kappa shape index (κ2) is 13.1. The van der Waals surface area contributed by atoms with E-state index < -0.39 is 6.29 Å². The van der Waals surface area contributed by atoms with Crippen molar-refractivity contribution in [2.75, 3.05) is 18.9 Å². The lowest BCUT2D eigenvalue weighted by Gasteiger charge is -2.56. The fourth-order valence-corrected chi connectivity index (χ4v) is 9.15. The molecule has 244 valence electrons. The highest BCUT2D eigenvalue weighted by Crippen LogP contribution is 2.55. The Balaban J connectivity index is 1.05. The van der Waals surface area contributed by atoms with Crippen LogP contribution < -0.4 is 10.6 Å². The van der Waals surface area contributed by atoms with Crippen molar-refractivity contribution in [3.05, 3.63) is 101 Å². The molecule has 4 bridgehead atoms. The van der Waals surface area contributed by atoms with Crippen molar-refractivity contribution in [3.8, 4) is 0 Å². The van der Waals surface area contributed by atoms with Gasteiger partial charge in [-0.2, -0.15) is 0 Å². The molecule has 0 aromatic heterocycles. The Morgan fingerprint density at radius 2 is 1.50 bits per heavy atom. The summed E-state index contributed by atoms with van der Waals surface area (Å²) < 4.78 is 13.4. The maximum absolute atomic E-state index is 13.2. The Labute approximate surface area is 273 Å². The molecular weight excluding hydrogens is 574 g/mol. The second-order valence-corrected chi connectivity index (χ2v) is 14.7. The number of rotatable bonds is 9. The molecule has 3 N–H and O–H groups in total. The summed E-state index contributed by atoms with van der Waals surface area (Å²) in [6.45, 7) is 5.18. The van der Waals surface area contributed by atoms with Gasteiger partial charge in [-0.25, -0.2) is 4.79 Å². The lowest BCUT2D eigenvalue weighted by atomic mass is 9.53. The van der Waals surface area contributed by atoms with E-state index in [1.54, 1.807) is 0 Å². The van der Waals surface area contributed by atoms with Crippen LogP contribution in [0.3, 0.4) is 0 Å². The van der Waals surface area contributed by atoms with E-state index >= 15 is 0 Å². The highest BCUT2D eigenvalue weighted by molar-refractivity contribution is 5.89. The van der Waals surface area contributed by atoms with Gasteiger partial charge in [0.1, 0.15) is 0 Å². The van der Waals surface area contributed by atoms with Crippen LogP contribution in [0.2, 0.25) is 0 Å². The minimum Gasteiger partial charge on any atom is -0.392 e. The molecule has 7 nitrogen and oxygen atoms in total. The lowest BCUT2D eigenvalue weighted by Crippen LogP contribution is -2.60. The highest BCUT2D eigenvalue weighted by atomic mass is 16.7. The predicted octanol–water partition coefficient (Wildman–Crippen LogP) is 7.75. The predicted molar refractivity (Wildman–Crippen MR) is 180 cm³/mol. The van der Waals surface area contributed by atoms with E-state index in [9.17, 15) is 9.90 Å². The van der Waals surface area contributed by atoms with Gasteiger partial charge in [-0.05, 0) is 99.1 Å². The Kier molecular flexibility index (Phi) is 8.94. The zero-order valence-corrected chi connectivity index (χ0v) is 27.4. The van der Waals surface area contributed by atoms with Gasteiger partial charge in [-0.15, -0.1) is 0 Å². The normalized spacial score (nSPS) is 32.3. The van der Waals surface area contributed by atoms with Crippen LogP contribution in [0.4, 0.5) is 10.5 Å². The highest BCUT2D eigenvalue weighted by Gasteiger charge is 2.51. The van der Waals surface area contributed by atoms with Crippen LogP contribution in [0, 0.1) is 23.7 Å². The van der Waals surface area contributed by atoms with E-state index in [1.165, 1.54) is 24.8 Å². The van der Waals surface area contributed by atoms with Gasteiger partial charge in [0, 0.05) is 35.3 Å². The number of benzene rings is 3. The first-order valence-electron chi connectivity index (χ1n) is 17.2. The van der Waals surface area contributed by atoms with Gasteiger partial charge in [0.25, 0.3) is 0 Å². The number of carbonyl (C=O) groups excluding carboxylic acids is 1. The summed E-state index contributed by atoms with van der Waals surface area (Å²) in [5.74, 6) is 2.44. The van der Waals surface area contributed by atoms with Crippen molar-refractivity contribution >= 4 is 11.7 Å². The number of nitrogens with zero attached hydrogens (tertiary/aromatic N) is 1. The summed E-state index contributed by atoms with van der Waals surface area (Å²) >= 11 is 0. The molecule has 0 unspecified atom stereocenters. The van der Waals surface area contributed by atoms with Gasteiger partial charge in [0.15, 0.2) is 6.29 Å². The lowest BCUT2D eigenvalue weighted by molar-refractivity contribution is -0.276. The number of ether oxygens (including phenoxy) is 2. The average molecular weight is 624 g/mol. The van der Waals surface area contributed by atoms with Crippen LogP contribution in [0.15, 0.2) is 78.9 Å². The molecule has 2 amide bonds. The Bertz CT molecular complexity index is 1440. The number of hydrogen-bond donors (Lipinski definition) is 3. The molecule has 5 aliphatic rings. The van der Waals surface area contributed by atoms with Crippen LogP contribution in [0.1, 0.15) is 93.1 Å². The molecule has 4 aliphatic carbocycles. The van der Waals surface area contributed by atoms with Gasteiger partial charge in [-0.3, -0.25) is 4.90 Å². The molecule has 7 heteroatoms. The standard InChI is InChI=1S/C39H49N3O4/c1-25-35(23-42(3)26(2)31-7-5-4-6-8-31)45-37(46-36(25)32-11-9-27(24-43)10-12-32)33-13-15-34(16-14-33)40-38(44)41-39-20-28-17-29(21-39)19-30(18-28)22-39/h4-16,25-26,28-30,35-37,43H,17-24H2,1-3H3,(H2,40,41,44)/t25-,26-,28?,29?,30?,35+,36+,37+,39?/m0/s1. The number of hydrogen-bond acceptors (Lipinski definition) is 5. The molecule has 1 heterocycles. The number of nitrogens with one attached hydrogen (secondary N) is 2. The quantitative estimate of drug-likeness (QED) is 0.227. The number of amides is 2. The first kappa shape index (κ1) is 31.4. The molecule has 1 aliphatic heterocycles. The first-order valence-corrected chi connectivity index (χ1v) is 17.2. The van der Waals surface area contributed by atoms with Crippen LogP contribution in [0.25, 0.3) is 0 Å². The number of carbonyl (C=O) groups is 1. The van der Waals surface area contributed by atoms with Gasteiger partial charge in [-0.1, -0.05) is 73.7 Å². The van der Waals surface area contributed by atoms with E-state index in [-0.39, 0.29) is 42.3 Å². The topological polar surface area (TPSA) is 83.1 Å². The number of anilines is 1. The number of urea groups is 1. The molecule has 3 aromatic carbocycles. The van der Waals surface area contributed by atoms with Crippen molar-refractivity contribution in [2.24, 2.45) is 23.7 Å². The molecule has 46 heavy (non-hydrogen) atoms. The third-order valence-corrected chi connectivity index (χ3v) is 11.4. The second-order valence-electron chi connectivity index (χ2n) is 14.7. The fourth-order valence-electron chi connectivity index (χ4n) is 9.15. The van der Waals surface area contributed by atoms with Crippen LogP contribution in [-0.4, -0.2) is 41.3 Å². The third kappa shape index (κ3) is 6.61. The average Bonchev–Trinajstić information content (AvgIpc) is 3.05. The minimum atomic E-state index is -0.556. The Morgan fingerprint density at radius 3 is 2.11 bits per heavy atom. The maximum Gasteiger partial charge on any atom is 0.319 e. The Hall–Kier alpha value is -3.23. The SMILES string of the molecule is C[C@H]1[C@@H](CN(C)[C@@H](C)c2ccccc2)O[C@@H](c2ccc(NC(=O)NC34CC5CC(CC(C5)C3)C4)cc2)O[C@H]1c1ccc(CO)cc1. The molecule has 3 aromatic rings. The van der Waals surface area contributed by atoms with Gasteiger partial charge < -0.3 is 25.2 Å². The van der Waals surface area contributed by atoms with Gasteiger partial charge in [0.2, 0.25) is 0 Å². The van der Waals surface area contributed by atoms with Crippen molar-refractivity contribution in [1.82, 2.24) is 10.2 Å². The molecular formula is C39H49N3O4. The maximum atomic E-state index is 13.2. The number of aliphatic hydroxyl groups excluding tert-OH is 1. The smallest absolute Gasteiger partial charge is 0.319 e. The molecule has 5 fully saturated rings. The summed E-state index contributed by atoms with van der Waals surface area (Å²) in [5, 5.41) is 16.1. The zero-order valence-electron chi connectivity index (χ0n) is 27.4. The molecule has 0 radical (unpaired) electrons. The zero-order chi connectivity index (χ0) is 31.8. The summed E-state index contributed by atoms with van der Waals surface area (Å²) in [6, 6.07) is 26.6. The summed E-state index contributed by atoms with van der Waals surface area (Å²) in [6.07, 6.45) is 6.63. The summed E-state index contributed by atoms with van der Waals surface area (Å²) in [7, 11) is 2.15. The largest absolute Gasteiger partial charge is 0.392 e. The van der Waals surface area contributed by atoms with Crippen LogP contribution in [0.5, 0.6) is 0 Å². The van der Waals surface area contributed by atoms with E-state index in [2.05, 4.69) is 72.8 Å². The number of likely N-dealkylation sites (N-methyl/N-ethyl adjacent to an activating group) is 1. The third-order valence-electron chi connectivity index (χ3n) is 11.4. The first-order chi connectivity index (χ1) is 22.3. The van der Waals surface area contributed by atoms with Crippen molar-refractivity contribution in [1.29, 1.82) is 0 Å². The Morgan fingerprint density at radius 1 is 0.891 bits per heavy atom. The van der Waals surface area contributed by atoms with Gasteiger partial charge >= 0.3 is 6.03 Å². The molecule has 0 spiro atoms. The molecule has 4 saturated carbocycles. The van der Waals surface area contributed by atoms with Crippen molar-refractivity contribution in [2.45, 2.75) is 89.1 Å². The minimum absolute atomic E-state index is 0.0127. The van der Waals surface area contributed by atoms with Crippen LogP contribution >= 0.6 is 0 Å². The van der Waals surface area contributed by atoms with E-state index in [0.717, 1.165) is 65.9 Å². The number of aliphatic hydroxyl groups is 1. The van der Waals surface area contributed by atoms with E-state index in [0.29, 0.717) is 0 Å². The monoisotopic (exact) mass is 623 g/mol. The molecule has 1 saturated heterocycles. The molecule has 8 rings (SSSR count). The molecule has 5 atom stereocenters. The summed E-state index contributed by atoms with van der Waals surface area (Å²) in [5.41, 5.74) is 4.88. The van der Waals surface area contributed by atoms with E-state index in [1.807, 2.05) is 42.5 Å². The van der Waals surface area contributed by atoms with Crippen molar-refractivity contribution < 1.29 is 19.4 Å². The van der Waals surface area contributed by atoms with E-state index in [4.69, 9.17) is 9.47 Å². The van der Waals surface area contributed by atoms with Crippen molar-refractivity contribution in [3.63, 3.8) is 0 Å².